The van der Waals surface area contributed by atoms with Crippen LogP contribution < -0.4 is 0 Å². The summed E-state index contributed by atoms with van der Waals surface area (Å²) in [7, 11) is 2.04. The van der Waals surface area contributed by atoms with E-state index in [1.165, 1.54) is 5.57 Å². The van der Waals surface area contributed by atoms with Crippen LogP contribution in [-0.4, -0.2) is 24.3 Å². The second-order valence-corrected chi connectivity index (χ2v) is 4.44. The second kappa shape index (κ2) is 3.36. The first-order valence-electron chi connectivity index (χ1n) is 4.55. The van der Waals surface area contributed by atoms with Crippen LogP contribution in [0.2, 0.25) is 0 Å². The lowest BCUT2D eigenvalue weighted by molar-refractivity contribution is 0.433. The molecular weight excluding hydrogens is 160 g/mol. The molecule has 2 nitrogen and oxygen atoms in total. The molecule has 0 saturated heterocycles. The van der Waals surface area contributed by atoms with Crippen molar-refractivity contribution >= 4 is 5.71 Å². The van der Waals surface area contributed by atoms with E-state index in [4.69, 9.17) is 0 Å². The Bertz CT molecular complexity index is 266. The predicted molar refractivity (Wildman–Crippen MR) is 57.8 cm³/mol. The van der Waals surface area contributed by atoms with E-state index in [0.717, 1.165) is 12.4 Å². The zero-order valence-electron chi connectivity index (χ0n) is 8.96. The van der Waals surface area contributed by atoms with E-state index in [1.54, 1.807) is 0 Å². The van der Waals surface area contributed by atoms with Gasteiger partial charge in [0.05, 0.1) is 5.71 Å². The van der Waals surface area contributed by atoms with E-state index in [0.29, 0.717) is 0 Å². The number of hydrogen-bond donors (Lipinski definition) is 0. The molecule has 72 valence electrons. The molecule has 0 aromatic rings. The lowest BCUT2D eigenvalue weighted by Crippen LogP contribution is -2.26. The van der Waals surface area contributed by atoms with Crippen LogP contribution >= 0.6 is 0 Å². The van der Waals surface area contributed by atoms with Gasteiger partial charge in [0.1, 0.15) is 6.67 Å². The van der Waals surface area contributed by atoms with Crippen LogP contribution in [-0.2, 0) is 0 Å². The van der Waals surface area contributed by atoms with Gasteiger partial charge in [-0.1, -0.05) is 27.4 Å². The van der Waals surface area contributed by atoms with Crippen molar-refractivity contribution in [1.29, 1.82) is 0 Å². The highest BCUT2D eigenvalue weighted by molar-refractivity contribution is 6.09. The van der Waals surface area contributed by atoms with Crippen molar-refractivity contribution < 1.29 is 0 Å². The van der Waals surface area contributed by atoms with Crippen molar-refractivity contribution in [2.24, 2.45) is 10.4 Å². The Balaban J connectivity index is 3.03. The standard InChI is InChI=1S/C11H18N2/c1-6-10-9(11(2,3)4)7-13(5)8-12-10/h6-7H,1,8H2,2-5H3. The highest BCUT2D eigenvalue weighted by Gasteiger charge is 2.22. The first kappa shape index (κ1) is 10.0. The highest BCUT2D eigenvalue weighted by atomic mass is 15.2. The maximum atomic E-state index is 4.43. The molecule has 1 aliphatic rings. The quantitative estimate of drug-likeness (QED) is 0.602. The Morgan fingerprint density at radius 2 is 2.15 bits per heavy atom. The summed E-state index contributed by atoms with van der Waals surface area (Å²) >= 11 is 0. The summed E-state index contributed by atoms with van der Waals surface area (Å²) in [4.78, 5) is 6.52. The van der Waals surface area contributed by atoms with Crippen molar-refractivity contribution in [2.45, 2.75) is 20.8 Å². The van der Waals surface area contributed by atoms with Crippen LogP contribution in [0.3, 0.4) is 0 Å². The molecule has 1 heterocycles. The Morgan fingerprint density at radius 3 is 2.62 bits per heavy atom. The molecule has 0 N–H and O–H groups in total. The van der Waals surface area contributed by atoms with E-state index in [2.05, 4.69) is 43.4 Å². The Morgan fingerprint density at radius 1 is 1.54 bits per heavy atom. The summed E-state index contributed by atoms with van der Waals surface area (Å²) in [5.74, 6) is 0. The maximum Gasteiger partial charge on any atom is 0.110 e. The minimum absolute atomic E-state index is 0.141. The number of hydrogen-bond acceptors (Lipinski definition) is 2. The normalized spacial score (nSPS) is 18.0. The van der Waals surface area contributed by atoms with Crippen molar-refractivity contribution in [3.63, 3.8) is 0 Å². The summed E-state index contributed by atoms with van der Waals surface area (Å²) in [6.07, 6.45) is 3.99. The summed E-state index contributed by atoms with van der Waals surface area (Å²) in [5, 5.41) is 0. The predicted octanol–water partition coefficient (Wildman–Crippen LogP) is 2.45. The Kier molecular flexibility index (Phi) is 2.60. The van der Waals surface area contributed by atoms with Crippen molar-refractivity contribution in [3.05, 3.63) is 24.4 Å². The number of aliphatic imine (C=N–C) groups is 1. The molecule has 0 aliphatic carbocycles. The fourth-order valence-corrected chi connectivity index (χ4v) is 1.35. The molecule has 2 heteroatoms. The fourth-order valence-electron chi connectivity index (χ4n) is 1.35. The molecule has 0 amide bonds. The van der Waals surface area contributed by atoms with Gasteiger partial charge in [0.25, 0.3) is 0 Å². The smallest absolute Gasteiger partial charge is 0.110 e. The minimum Gasteiger partial charge on any atom is -0.361 e. The first-order valence-corrected chi connectivity index (χ1v) is 4.55. The van der Waals surface area contributed by atoms with E-state index in [1.807, 2.05) is 13.1 Å². The van der Waals surface area contributed by atoms with Gasteiger partial charge in [0, 0.05) is 13.2 Å². The third-order valence-electron chi connectivity index (χ3n) is 2.09. The SMILES string of the molecule is C=CC1=NCN(C)C=C1C(C)(C)C. The molecule has 0 fully saturated rings. The lowest BCUT2D eigenvalue weighted by Gasteiger charge is -2.29. The van der Waals surface area contributed by atoms with E-state index < -0.39 is 0 Å². The molecule has 0 unspecified atom stereocenters. The topological polar surface area (TPSA) is 15.6 Å². The van der Waals surface area contributed by atoms with Gasteiger partial charge in [-0.3, -0.25) is 4.99 Å². The van der Waals surface area contributed by atoms with Crippen LogP contribution in [0.25, 0.3) is 0 Å². The summed E-state index contributed by atoms with van der Waals surface area (Å²) in [6, 6.07) is 0. The lowest BCUT2D eigenvalue weighted by atomic mass is 9.83. The molecular formula is C11H18N2. The fraction of sp³-hybridized carbons (Fsp3) is 0.545. The molecule has 0 saturated carbocycles. The number of rotatable bonds is 1. The molecule has 0 spiro atoms. The first-order chi connectivity index (χ1) is 5.95. The van der Waals surface area contributed by atoms with Gasteiger partial charge < -0.3 is 4.90 Å². The van der Waals surface area contributed by atoms with Gasteiger partial charge in [-0.25, -0.2) is 0 Å². The molecule has 0 aromatic carbocycles. The maximum absolute atomic E-state index is 4.43. The zero-order valence-corrected chi connectivity index (χ0v) is 8.96. The van der Waals surface area contributed by atoms with Crippen LogP contribution in [0, 0.1) is 5.41 Å². The highest BCUT2D eigenvalue weighted by Crippen LogP contribution is 2.28. The van der Waals surface area contributed by atoms with Gasteiger partial charge in [-0.2, -0.15) is 0 Å². The largest absolute Gasteiger partial charge is 0.361 e. The van der Waals surface area contributed by atoms with E-state index >= 15 is 0 Å². The van der Waals surface area contributed by atoms with Gasteiger partial charge >= 0.3 is 0 Å². The third-order valence-corrected chi connectivity index (χ3v) is 2.09. The average Bonchev–Trinajstić information content (AvgIpc) is 2.03. The minimum atomic E-state index is 0.141. The van der Waals surface area contributed by atoms with Crippen LogP contribution in [0.4, 0.5) is 0 Å². The van der Waals surface area contributed by atoms with Gasteiger partial charge in [-0.05, 0) is 17.1 Å². The average molecular weight is 178 g/mol. The second-order valence-electron chi connectivity index (χ2n) is 4.44. The van der Waals surface area contributed by atoms with Crippen LogP contribution in [0.15, 0.2) is 29.4 Å². The monoisotopic (exact) mass is 178 g/mol. The van der Waals surface area contributed by atoms with Gasteiger partial charge in [0.2, 0.25) is 0 Å². The van der Waals surface area contributed by atoms with Gasteiger partial charge in [0.15, 0.2) is 0 Å². The summed E-state index contributed by atoms with van der Waals surface area (Å²) in [5.41, 5.74) is 2.43. The van der Waals surface area contributed by atoms with E-state index in [9.17, 15) is 0 Å². The zero-order chi connectivity index (χ0) is 10.1. The van der Waals surface area contributed by atoms with Crippen LogP contribution in [0.5, 0.6) is 0 Å². The van der Waals surface area contributed by atoms with Crippen LogP contribution in [0.1, 0.15) is 20.8 Å². The molecule has 13 heavy (non-hydrogen) atoms. The number of nitrogens with zero attached hydrogens (tertiary/aromatic N) is 2. The molecule has 0 atom stereocenters. The number of allylic oxidation sites excluding steroid dienone is 2. The molecule has 0 bridgehead atoms. The third kappa shape index (κ3) is 2.20. The molecule has 0 radical (unpaired) electrons. The van der Waals surface area contributed by atoms with E-state index in [-0.39, 0.29) is 5.41 Å². The van der Waals surface area contributed by atoms with Gasteiger partial charge in [-0.15, -0.1) is 0 Å². The Labute approximate surface area is 80.7 Å². The molecule has 1 rings (SSSR count). The molecule has 0 aromatic heterocycles. The summed E-state index contributed by atoms with van der Waals surface area (Å²) < 4.78 is 0. The summed E-state index contributed by atoms with van der Waals surface area (Å²) in [6.45, 7) is 11.1. The van der Waals surface area contributed by atoms with Crippen molar-refractivity contribution in [1.82, 2.24) is 4.90 Å². The molecule has 1 aliphatic heterocycles. The van der Waals surface area contributed by atoms with Crippen molar-refractivity contribution in [2.75, 3.05) is 13.7 Å². The van der Waals surface area contributed by atoms with Crippen molar-refractivity contribution in [3.8, 4) is 0 Å². The Hall–Kier alpha value is -1.05.